The number of carboxylic acids is 1. The van der Waals surface area contributed by atoms with Crippen molar-refractivity contribution >= 4 is 11.8 Å². The SMILES string of the molecule is CCC(O)C(O)C/C=C\CC(=O)C(O)CCCCCCCC(=O)O. The molecule has 0 spiro atoms. The zero-order chi connectivity index (χ0) is 18.4. The fourth-order valence-corrected chi connectivity index (χ4v) is 2.31. The van der Waals surface area contributed by atoms with Crippen LogP contribution in [0.2, 0.25) is 0 Å². The van der Waals surface area contributed by atoms with Gasteiger partial charge in [0.25, 0.3) is 0 Å². The number of ketones is 1. The van der Waals surface area contributed by atoms with Gasteiger partial charge in [-0.05, 0) is 25.7 Å². The molecule has 0 fully saturated rings. The van der Waals surface area contributed by atoms with Crippen molar-refractivity contribution in [2.75, 3.05) is 0 Å². The molecular formula is C18H32O6. The van der Waals surface area contributed by atoms with Crippen LogP contribution in [0.4, 0.5) is 0 Å². The Morgan fingerprint density at radius 3 is 2.17 bits per heavy atom. The van der Waals surface area contributed by atoms with Crippen molar-refractivity contribution in [1.29, 1.82) is 0 Å². The van der Waals surface area contributed by atoms with Gasteiger partial charge in [0.15, 0.2) is 5.78 Å². The predicted molar refractivity (Wildman–Crippen MR) is 91.6 cm³/mol. The van der Waals surface area contributed by atoms with Crippen LogP contribution in [0.3, 0.4) is 0 Å². The van der Waals surface area contributed by atoms with Gasteiger partial charge in [0.05, 0.1) is 12.2 Å². The number of carboxylic acid groups (broad SMARTS) is 1. The predicted octanol–water partition coefficient (Wildman–Crippen LogP) is 2.20. The smallest absolute Gasteiger partial charge is 0.303 e. The number of Topliss-reactive ketones (excluding diaryl/α,β-unsaturated/α-hetero) is 1. The van der Waals surface area contributed by atoms with E-state index in [0.717, 1.165) is 25.7 Å². The van der Waals surface area contributed by atoms with Gasteiger partial charge in [-0.2, -0.15) is 0 Å². The highest BCUT2D eigenvalue weighted by molar-refractivity contribution is 5.84. The van der Waals surface area contributed by atoms with E-state index in [0.29, 0.717) is 19.3 Å². The van der Waals surface area contributed by atoms with E-state index in [1.54, 1.807) is 19.1 Å². The molecule has 6 heteroatoms. The average molecular weight is 344 g/mol. The highest BCUT2D eigenvalue weighted by atomic mass is 16.4. The number of unbranched alkanes of at least 4 members (excludes halogenated alkanes) is 4. The molecule has 0 saturated heterocycles. The third-order valence-corrected chi connectivity index (χ3v) is 3.97. The maximum absolute atomic E-state index is 11.7. The van der Waals surface area contributed by atoms with Gasteiger partial charge in [0.2, 0.25) is 0 Å². The maximum Gasteiger partial charge on any atom is 0.303 e. The number of carbonyl (C=O) groups is 2. The highest BCUT2D eigenvalue weighted by Crippen LogP contribution is 2.10. The Morgan fingerprint density at radius 2 is 1.54 bits per heavy atom. The zero-order valence-corrected chi connectivity index (χ0v) is 14.6. The van der Waals surface area contributed by atoms with Gasteiger partial charge in [0, 0.05) is 12.8 Å². The second kappa shape index (κ2) is 14.1. The Morgan fingerprint density at radius 1 is 0.917 bits per heavy atom. The first-order chi connectivity index (χ1) is 11.4. The number of carbonyl (C=O) groups excluding carboxylic acids is 1. The summed E-state index contributed by atoms with van der Waals surface area (Å²) < 4.78 is 0. The van der Waals surface area contributed by atoms with Gasteiger partial charge in [-0.25, -0.2) is 0 Å². The molecule has 140 valence electrons. The summed E-state index contributed by atoms with van der Waals surface area (Å²) in [5.74, 6) is -1.02. The van der Waals surface area contributed by atoms with Crippen LogP contribution in [0, 0.1) is 0 Å². The number of aliphatic hydroxyl groups excluding tert-OH is 3. The Hall–Kier alpha value is -1.24. The van der Waals surface area contributed by atoms with Crippen molar-refractivity contribution in [1.82, 2.24) is 0 Å². The summed E-state index contributed by atoms with van der Waals surface area (Å²) in [6.07, 6.45) is 6.24. The molecule has 0 rings (SSSR count). The number of hydrogen-bond acceptors (Lipinski definition) is 5. The fourth-order valence-electron chi connectivity index (χ4n) is 2.31. The van der Waals surface area contributed by atoms with Crippen LogP contribution in [0.25, 0.3) is 0 Å². The lowest BCUT2D eigenvalue weighted by molar-refractivity contribution is -0.137. The Balaban J connectivity index is 3.71. The van der Waals surface area contributed by atoms with Crippen LogP contribution in [-0.2, 0) is 9.59 Å². The zero-order valence-electron chi connectivity index (χ0n) is 14.6. The standard InChI is InChI=1S/C18H32O6/c1-2-14(19)15(20)11-8-9-12-17(22)16(21)10-6-4-3-5-7-13-18(23)24/h8-9,14-16,19-21H,2-7,10-13H2,1H3,(H,23,24)/b9-8-. The highest BCUT2D eigenvalue weighted by Gasteiger charge is 2.14. The summed E-state index contributed by atoms with van der Waals surface area (Å²) in [6.45, 7) is 1.78. The van der Waals surface area contributed by atoms with E-state index < -0.39 is 24.3 Å². The minimum absolute atomic E-state index is 0.120. The van der Waals surface area contributed by atoms with Crippen LogP contribution in [0.1, 0.15) is 71.1 Å². The fraction of sp³-hybridized carbons (Fsp3) is 0.778. The van der Waals surface area contributed by atoms with Crippen LogP contribution < -0.4 is 0 Å². The lowest BCUT2D eigenvalue weighted by Crippen LogP contribution is -2.24. The van der Waals surface area contributed by atoms with E-state index in [-0.39, 0.29) is 25.0 Å². The minimum atomic E-state index is -0.972. The number of hydrogen-bond donors (Lipinski definition) is 4. The van der Waals surface area contributed by atoms with Crippen LogP contribution >= 0.6 is 0 Å². The van der Waals surface area contributed by atoms with Crippen molar-refractivity contribution in [3.63, 3.8) is 0 Å². The van der Waals surface area contributed by atoms with E-state index in [9.17, 15) is 24.9 Å². The van der Waals surface area contributed by atoms with E-state index in [4.69, 9.17) is 5.11 Å². The van der Waals surface area contributed by atoms with E-state index >= 15 is 0 Å². The Bertz CT molecular complexity index is 380. The minimum Gasteiger partial charge on any atom is -0.481 e. The molecule has 0 radical (unpaired) electrons. The molecule has 6 nitrogen and oxygen atoms in total. The summed E-state index contributed by atoms with van der Waals surface area (Å²) >= 11 is 0. The van der Waals surface area contributed by atoms with Gasteiger partial charge in [-0.1, -0.05) is 44.8 Å². The molecule has 0 aliphatic heterocycles. The lowest BCUT2D eigenvalue weighted by atomic mass is 10.0. The second-order valence-corrected chi connectivity index (χ2v) is 6.14. The molecule has 0 saturated carbocycles. The van der Waals surface area contributed by atoms with Crippen LogP contribution in [0.15, 0.2) is 12.2 Å². The molecule has 0 bridgehead atoms. The van der Waals surface area contributed by atoms with Crippen molar-refractivity contribution in [2.24, 2.45) is 0 Å². The van der Waals surface area contributed by atoms with Crippen molar-refractivity contribution in [3.05, 3.63) is 12.2 Å². The molecule has 0 heterocycles. The number of rotatable bonds is 15. The molecule has 0 aliphatic rings. The Labute approximate surface area is 144 Å². The normalized spacial score (nSPS) is 15.3. The number of aliphatic hydroxyl groups is 3. The molecular weight excluding hydrogens is 312 g/mol. The second-order valence-electron chi connectivity index (χ2n) is 6.14. The maximum atomic E-state index is 11.7. The molecule has 24 heavy (non-hydrogen) atoms. The van der Waals surface area contributed by atoms with Gasteiger partial charge in [-0.15, -0.1) is 0 Å². The van der Waals surface area contributed by atoms with Crippen molar-refractivity contribution < 1.29 is 30.0 Å². The van der Waals surface area contributed by atoms with Crippen molar-refractivity contribution in [2.45, 2.75) is 89.4 Å². The monoisotopic (exact) mass is 344 g/mol. The van der Waals surface area contributed by atoms with E-state index in [2.05, 4.69) is 0 Å². The summed E-state index contributed by atoms with van der Waals surface area (Å²) in [5, 5.41) is 37.2. The molecule has 0 aromatic heterocycles. The first-order valence-electron chi connectivity index (χ1n) is 8.82. The first-order valence-corrected chi connectivity index (χ1v) is 8.82. The lowest BCUT2D eigenvalue weighted by Gasteiger charge is -2.13. The summed E-state index contributed by atoms with van der Waals surface area (Å²) in [4.78, 5) is 22.1. The molecule has 0 amide bonds. The molecule has 0 aromatic carbocycles. The Kier molecular flexibility index (Phi) is 13.4. The van der Waals surface area contributed by atoms with Gasteiger partial charge in [0.1, 0.15) is 6.10 Å². The third-order valence-electron chi connectivity index (χ3n) is 3.97. The van der Waals surface area contributed by atoms with E-state index in [1.165, 1.54) is 0 Å². The third kappa shape index (κ3) is 12.2. The number of aliphatic carboxylic acids is 1. The van der Waals surface area contributed by atoms with Crippen LogP contribution in [-0.4, -0.2) is 50.5 Å². The first kappa shape index (κ1) is 22.8. The van der Waals surface area contributed by atoms with Gasteiger partial charge < -0.3 is 20.4 Å². The van der Waals surface area contributed by atoms with E-state index in [1.807, 2.05) is 0 Å². The summed E-state index contributed by atoms with van der Waals surface area (Å²) in [7, 11) is 0. The number of allylic oxidation sites excluding steroid dienone is 1. The molecule has 3 unspecified atom stereocenters. The summed E-state index contributed by atoms with van der Waals surface area (Å²) in [6, 6.07) is 0. The van der Waals surface area contributed by atoms with Gasteiger partial charge in [-0.3, -0.25) is 9.59 Å². The molecule has 4 N–H and O–H groups in total. The van der Waals surface area contributed by atoms with Crippen LogP contribution in [0.5, 0.6) is 0 Å². The summed E-state index contributed by atoms with van der Waals surface area (Å²) in [5.41, 5.74) is 0. The topological polar surface area (TPSA) is 115 Å². The quantitative estimate of drug-likeness (QED) is 0.267. The largest absolute Gasteiger partial charge is 0.481 e. The molecule has 3 atom stereocenters. The molecule has 0 aromatic rings. The average Bonchev–Trinajstić information content (AvgIpc) is 2.55. The van der Waals surface area contributed by atoms with Crippen molar-refractivity contribution in [3.8, 4) is 0 Å². The van der Waals surface area contributed by atoms with Gasteiger partial charge >= 0.3 is 5.97 Å². The molecule has 0 aliphatic carbocycles.